The summed E-state index contributed by atoms with van der Waals surface area (Å²) in [5.74, 6) is 0.740. The number of hydrogen-bond acceptors (Lipinski definition) is 7. The van der Waals surface area contributed by atoms with Crippen LogP contribution in [0.25, 0.3) is 11.4 Å². The quantitative estimate of drug-likeness (QED) is 0.329. The number of alkyl halides is 3. The molecule has 0 atom stereocenters. The lowest BCUT2D eigenvalue weighted by Gasteiger charge is -2.37. The molecule has 12 heteroatoms. The Kier molecular flexibility index (Phi) is 8.06. The summed E-state index contributed by atoms with van der Waals surface area (Å²) in [5, 5.41) is -0.0277. The van der Waals surface area contributed by atoms with Crippen LogP contribution >= 0.6 is 11.6 Å². The van der Waals surface area contributed by atoms with E-state index in [4.69, 9.17) is 26.6 Å². The predicted octanol–water partition coefficient (Wildman–Crippen LogP) is 6.23. The van der Waals surface area contributed by atoms with Gasteiger partial charge in [-0.15, -0.1) is 0 Å². The minimum absolute atomic E-state index is 0.0277. The van der Waals surface area contributed by atoms with Gasteiger partial charge < -0.3 is 14.7 Å². The maximum atomic E-state index is 13.9. The topological polar surface area (TPSA) is 61.3 Å². The highest BCUT2D eigenvalue weighted by Gasteiger charge is 2.36. The van der Waals surface area contributed by atoms with Crippen molar-refractivity contribution in [3.05, 3.63) is 52.9 Å². The van der Waals surface area contributed by atoms with E-state index in [-0.39, 0.29) is 10.8 Å². The van der Waals surface area contributed by atoms with Crippen LogP contribution in [-0.2, 0) is 6.18 Å². The molecule has 1 aliphatic heterocycles. The molecular formula is C27H30ClF4N7. The molecule has 0 bridgehead atoms. The van der Waals surface area contributed by atoms with Gasteiger partial charge in [0.25, 0.3) is 0 Å². The molecule has 208 valence electrons. The van der Waals surface area contributed by atoms with Gasteiger partial charge in [0.1, 0.15) is 11.6 Å². The Bertz CT molecular complexity index is 1290. The van der Waals surface area contributed by atoms with Gasteiger partial charge in [-0.05, 0) is 50.1 Å². The number of pyridine rings is 1. The van der Waals surface area contributed by atoms with Crippen molar-refractivity contribution < 1.29 is 17.6 Å². The van der Waals surface area contributed by atoms with Gasteiger partial charge in [-0.1, -0.05) is 30.9 Å². The second kappa shape index (κ2) is 11.5. The van der Waals surface area contributed by atoms with Crippen LogP contribution < -0.4 is 14.7 Å². The third-order valence-corrected chi connectivity index (χ3v) is 7.65. The van der Waals surface area contributed by atoms with Crippen LogP contribution in [0, 0.1) is 5.82 Å². The SMILES string of the molecule is CCN(c1nc(-c2ccc(F)c(Cl)c2)nc(N2CCN(c3ncccc3C(F)(F)F)CC2)n1)C1CCCCC1. The van der Waals surface area contributed by atoms with Gasteiger partial charge >= 0.3 is 6.18 Å². The molecule has 2 aromatic heterocycles. The van der Waals surface area contributed by atoms with Crippen molar-refractivity contribution >= 4 is 29.3 Å². The number of piperazine rings is 1. The lowest BCUT2D eigenvalue weighted by atomic mass is 9.94. The zero-order chi connectivity index (χ0) is 27.6. The summed E-state index contributed by atoms with van der Waals surface area (Å²) < 4.78 is 54.6. The van der Waals surface area contributed by atoms with E-state index in [1.165, 1.54) is 30.8 Å². The summed E-state index contributed by atoms with van der Waals surface area (Å²) >= 11 is 6.06. The summed E-state index contributed by atoms with van der Waals surface area (Å²) in [4.78, 5) is 24.1. The number of nitrogens with zero attached hydrogens (tertiary/aromatic N) is 7. The largest absolute Gasteiger partial charge is 0.419 e. The molecule has 1 saturated carbocycles. The van der Waals surface area contributed by atoms with E-state index in [2.05, 4.69) is 16.8 Å². The third kappa shape index (κ3) is 6.03. The Hall–Kier alpha value is -3.21. The molecule has 2 aliphatic rings. The lowest BCUT2D eigenvalue weighted by molar-refractivity contribution is -0.137. The van der Waals surface area contributed by atoms with Crippen LogP contribution in [0.15, 0.2) is 36.5 Å². The average Bonchev–Trinajstić information content (AvgIpc) is 2.95. The van der Waals surface area contributed by atoms with Crippen molar-refractivity contribution in [2.75, 3.05) is 47.4 Å². The fourth-order valence-corrected chi connectivity index (χ4v) is 5.51. The highest BCUT2D eigenvalue weighted by atomic mass is 35.5. The Morgan fingerprint density at radius 3 is 2.36 bits per heavy atom. The van der Waals surface area contributed by atoms with Gasteiger partial charge in [-0.25, -0.2) is 9.37 Å². The van der Waals surface area contributed by atoms with Gasteiger partial charge in [0.2, 0.25) is 11.9 Å². The molecule has 1 aromatic carbocycles. The van der Waals surface area contributed by atoms with Gasteiger partial charge in [0.15, 0.2) is 5.82 Å². The van der Waals surface area contributed by atoms with Gasteiger partial charge in [-0.2, -0.15) is 28.1 Å². The second-order valence-electron chi connectivity index (χ2n) is 9.81. The minimum Gasteiger partial charge on any atom is -0.353 e. The monoisotopic (exact) mass is 563 g/mol. The zero-order valence-corrected chi connectivity index (χ0v) is 22.4. The van der Waals surface area contributed by atoms with Crippen molar-refractivity contribution in [3.8, 4) is 11.4 Å². The van der Waals surface area contributed by atoms with Gasteiger partial charge in [0, 0.05) is 50.5 Å². The van der Waals surface area contributed by atoms with E-state index < -0.39 is 17.6 Å². The fourth-order valence-electron chi connectivity index (χ4n) is 5.33. The first-order valence-corrected chi connectivity index (χ1v) is 13.6. The summed E-state index contributed by atoms with van der Waals surface area (Å²) in [6.07, 6.45) is 2.50. The molecule has 1 saturated heterocycles. The smallest absolute Gasteiger partial charge is 0.353 e. The molecular weight excluding hydrogens is 534 g/mol. The van der Waals surface area contributed by atoms with Crippen molar-refractivity contribution in [1.29, 1.82) is 0 Å². The molecule has 39 heavy (non-hydrogen) atoms. The first kappa shape index (κ1) is 27.4. The van der Waals surface area contributed by atoms with E-state index >= 15 is 0 Å². The molecule has 3 heterocycles. The molecule has 0 spiro atoms. The van der Waals surface area contributed by atoms with Gasteiger partial charge in [-0.3, -0.25) is 0 Å². The summed E-state index contributed by atoms with van der Waals surface area (Å²) in [6.45, 7) is 4.21. The van der Waals surface area contributed by atoms with Crippen LogP contribution in [0.1, 0.15) is 44.6 Å². The molecule has 5 rings (SSSR count). The maximum absolute atomic E-state index is 13.9. The van der Waals surface area contributed by atoms with E-state index in [0.29, 0.717) is 62.1 Å². The molecule has 7 nitrogen and oxygen atoms in total. The highest BCUT2D eigenvalue weighted by molar-refractivity contribution is 6.31. The van der Waals surface area contributed by atoms with Crippen LogP contribution in [0.2, 0.25) is 5.02 Å². The van der Waals surface area contributed by atoms with Crippen LogP contribution in [0.3, 0.4) is 0 Å². The first-order chi connectivity index (χ1) is 18.7. The number of anilines is 3. The Balaban J connectivity index is 1.45. The van der Waals surface area contributed by atoms with E-state index in [0.717, 1.165) is 31.7 Å². The molecule has 3 aromatic rings. The zero-order valence-electron chi connectivity index (χ0n) is 21.6. The van der Waals surface area contributed by atoms with Crippen molar-refractivity contribution in [3.63, 3.8) is 0 Å². The molecule has 0 amide bonds. The van der Waals surface area contributed by atoms with E-state index in [9.17, 15) is 17.6 Å². The number of aromatic nitrogens is 4. The first-order valence-electron chi connectivity index (χ1n) is 13.2. The second-order valence-corrected chi connectivity index (χ2v) is 10.2. The summed E-state index contributed by atoms with van der Waals surface area (Å²) in [6, 6.07) is 7.02. The Morgan fingerprint density at radius 1 is 0.974 bits per heavy atom. The normalized spacial score (nSPS) is 17.0. The lowest BCUT2D eigenvalue weighted by Crippen LogP contribution is -2.48. The molecule has 1 aliphatic carbocycles. The van der Waals surface area contributed by atoms with Crippen molar-refractivity contribution in [2.45, 2.75) is 51.2 Å². The highest BCUT2D eigenvalue weighted by Crippen LogP contribution is 2.36. The summed E-state index contributed by atoms with van der Waals surface area (Å²) in [7, 11) is 0. The van der Waals surface area contributed by atoms with Gasteiger partial charge in [0.05, 0.1) is 10.6 Å². The number of hydrogen-bond donors (Lipinski definition) is 0. The number of halogens is 5. The number of benzene rings is 1. The standard InChI is InChI=1S/C27H30ClF4N7/c1-2-39(19-7-4-3-5-8-19)26-35-23(18-10-11-22(29)21(28)17-18)34-25(36-26)38-15-13-37(14-16-38)24-20(27(30,31)32)9-6-12-33-24/h6,9-12,17,19H,2-5,7-8,13-16H2,1H3. The van der Waals surface area contributed by atoms with Crippen molar-refractivity contribution in [2.24, 2.45) is 0 Å². The van der Waals surface area contributed by atoms with Crippen molar-refractivity contribution in [1.82, 2.24) is 19.9 Å². The van der Waals surface area contributed by atoms with E-state index in [1.54, 1.807) is 11.0 Å². The Labute approximate surface area is 229 Å². The van der Waals surface area contributed by atoms with Crippen LogP contribution in [-0.4, -0.2) is 58.7 Å². The Morgan fingerprint density at radius 2 is 1.69 bits per heavy atom. The minimum atomic E-state index is -4.49. The summed E-state index contributed by atoms with van der Waals surface area (Å²) in [5.41, 5.74) is -0.185. The number of rotatable bonds is 6. The molecule has 0 radical (unpaired) electrons. The molecule has 2 fully saturated rings. The molecule has 0 N–H and O–H groups in total. The fraction of sp³-hybridized carbons (Fsp3) is 0.481. The average molecular weight is 564 g/mol. The molecule has 0 unspecified atom stereocenters. The maximum Gasteiger partial charge on any atom is 0.419 e. The predicted molar refractivity (Wildman–Crippen MR) is 144 cm³/mol. The van der Waals surface area contributed by atoms with Crippen LogP contribution in [0.4, 0.5) is 35.3 Å². The van der Waals surface area contributed by atoms with Crippen LogP contribution in [0.5, 0.6) is 0 Å². The van der Waals surface area contributed by atoms with E-state index in [1.807, 2.05) is 4.90 Å². The third-order valence-electron chi connectivity index (χ3n) is 7.36.